The molecule has 10 N–H and O–H groups in total. The normalized spacial score (nSPS) is 48.0. The van der Waals surface area contributed by atoms with Crippen molar-refractivity contribution in [1.82, 2.24) is 5.32 Å². The third kappa shape index (κ3) is 6.43. The summed E-state index contributed by atoms with van der Waals surface area (Å²) in [6.45, 7) is -1.08. The fourth-order valence-corrected chi connectivity index (χ4v) is 4.72. The lowest BCUT2D eigenvalue weighted by atomic mass is 9.94. The summed E-state index contributed by atoms with van der Waals surface area (Å²) in [6, 6.07) is -1.45. The van der Waals surface area contributed by atoms with Crippen molar-refractivity contribution in [2.75, 3.05) is 26.9 Å². The summed E-state index contributed by atoms with van der Waals surface area (Å²) in [5.74, 6) is -0.661. The maximum atomic E-state index is 11.9. The minimum absolute atomic E-state index is 0.661. The number of methoxy groups -OCH3 is 1. The SMILES string of the molecule is CO[C@H]1[C@@H](O)[C@@H](CO)O[C@@H](O[C@H]2[C@H](O)[C@@H](NC(C)=O)[C@H](O[C@@H]3[C@@H](O)[C@H](O)O[C@H](CO)[C@@H]3O)O[C@@H]2CO)[C@@H]1O. The zero-order chi connectivity index (χ0) is 28.3. The van der Waals surface area contributed by atoms with E-state index in [-0.39, 0.29) is 0 Å². The fourth-order valence-electron chi connectivity index (χ4n) is 4.72. The van der Waals surface area contributed by atoms with Crippen molar-refractivity contribution in [3.63, 3.8) is 0 Å². The molecule has 38 heavy (non-hydrogen) atoms. The van der Waals surface area contributed by atoms with E-state index < -0.39 is 118 Å². The van der Waals surface area contributed by atoms with E-state index in [1.165, 1.54) is 7.11 Å². The Morgan fingerprint density at radius 2 is 1.21 bits per heavy atom. The van der Waals surface area contributed by atoms with E-state index in [9.17, 15) is 50.8 Å². The van der Waals surface area contributed by atoms with Gasteiger partial charge in [0.05, 0.1) is 19.8 Å². The highest BCUT2D eigenvalue weighted by Crippen LogP contribution is 2.32. The summed E-state index contributed by atoms with van der Waals surface area (Å²) < 4.78 is 32.4. The molecule has 3 saturated heterocycles. The second kappa shape index (κ2) is 13.5. The highest BCUT2D eigenvalue weighted by atomic mass is 16.7. The van der Waals surface area contributed by atoms with Gasteiger partial charge in [-0.05, 0) is 0 Å². The number of aliphatic hydroxyl groups is 9. The van der Waals surface area contributed by atoms with Crippen molar-refractivity contribution >= 4 is 5.91 Å². The summed E-state index contributed by atoms with van der Waals surface area (Å²) >= 11 is 0. The first kappa shape index (κ1) is 31.4. The van der Waals surface area contributed by atoms with Crippen molar-refractivity contribution < 1.29 is 79.2 Å². The molecule has 0 aliphatic carbocycles. The van der Waals surface area contributed by atoms with E-state index in [4.69, 9.17) is 28.4 Å². The van der Waals surface area contributed by atoms with Gasteiger partial charge in [-0.1, -0.05) is 0 Å². The summed E-state index contributed by atoms with van der Waals surface area (Å²) in [4.78, 5) is 11.9. The molecule has 0 bridgehead atoms. The third-order valence-electron chi connectivity index (χ3n) is 6.74. The molecule has 3 heterocycles. The number of nitrogens with one attached hydrogen (secondary N) is 1. The van der Waals surface area contributed by atoms with Gasteiger partial charge in [0.2, 0.25) is 5.91 Å². The number of aliphatic hydroxyl groups excluding tert-OH is 9. The summed E-state index contributed by atoms with van der Waals surface area (Å²) in [5.41, 5.74) is 0. The van der Waals surface area contributed by atoms with E-state index in [0.29, 0.717) is 0 Å². The molecule has 1 amide bonds. The standard InChI is InChI=1S/C21H37NO16/c1-6(26)22-10-13(29)16(37-21-15(31)17(33-2)11(27)8(4-24)35-21)9(5-25)36-20(10)38-18-12(28)7(3-23)34-19(32)14(18)30/h7-21,23-25,27-32H,3-5H2,1-2H3,(H,22,26)/t7-,8-,9-,10-,11+,12+,13-,14-,15-,16-,17+,18+,19-,20+,21+/m1/s1. The van der Waals surface area contributed by atoms with Gasteiger partial charge in [-0.2, -0.15) is 0 Å². The van der Waals surface area contributed by atoms with Crippen molar-refractivity contribution in [3.8, 4) is 0 Å². The van der Waals surface area contributed by atoms with Gasteiger partial charge < -0.3 is 79.7 Å². The van der Waals surface area contributed by atoms with Crippen LogP contribution >= 0.6 is 0 Å². The molecule has 17 nitrogen and oxygen atoms in total. The van der Waals surface area contributed by atoms with E-state index in [2.05, 4.69) is 5.32 Å². The molecule has 3 rings (SSSR count). The number of carbonyl (C=O) groups excluding carboxylic acids is 1. The molecular formula is C21H37NO16. The van der Waals surface area contributed by atoms with Gasteiger partial charge in [-0.25, -0.2) is 0 Å². The van der Waals surface area contributed by atoms with Crippen molar-refractivity contribution in [1.29, 1.82) is 0 Å². The average Bonchev–Trinajstić information content (AvgIpc) is 2.88. The molecule has 0 radical (unpaired) electrons. The Morgan fingerprint density at radius 1 is 0.684 bits per heavy atom. The molecular weight excluding hydrogens is 522 g/mol. The Morgan fingerprint density at radius 3 is 1.76 bits per heavy atom. The zero-order valence-electron chi connectivity index (χ0n) is 20.7. The van der Waals surface area contributed by atoms with E-state index >= 15 is 0 Å². The Bertz CT molecular complexity index is 763. The Hall–Kier alpha value is -1.13. The monoisotopic (exact) mass is 559 g/mol. The van der Waals surface area contributed by atoms with Gasteiger partial charge in [-0.15, -0.1) is 0 Å². The largest absolute Gasteiger partial charge is 0.394 e. The molecule has 0 unspecified atom stereocenters. The minimum atomic E-state index is -1.86. The second-order valence-electron chi connectivity index (χ2n) is 9.28. The van der Waals surface area contributed by atoms with Crippen LogP contribution in [-0.4, -0.2) is 171 Å². The molecule has 0 spiro atoms. The molecule has 15 atom stereocenters. The molecule has 3 aliphatic rings. The lowest BCUT2D eigenvalue weighted by molar-refractivity contribution is -0.366. The number of hydrogen-bond donors (Lipinski definition) is 10. The first-order valence-corrected chi connectivity index (χ1v) is 12.0. The van der Waals surface area contributed by atoms with Crippen LogP contribution in [0, 0.1) is 0 Å². The number of carbonyl (C=O) groups is 1. The molecule has 0 saturated carbocycles. The molecule has 17 heteroatoms. The summed E-state index contributed by atoms with van der Waals surface area (Å²) in [7, 11) is 1.20. The third-order valence-corrected chi connectivity index (χ3v) is 6.74. The average molecular weight is 560 g/mol. The summed E-state index contributed by atoms with van der Waals surface area (Å²) in [5, 5.41) is 94.0. The molecule has 3 aliphatic heterocycles. The number of amides is 1. The van der Waals surface area contributed by atoms with Gasteiger partial charge in [0.15, 0.2) is 18.9 Å². The molecule has 0 aromatic rings. The molecule has 0 aromatic heterocycles. The molecule has 222 valence electrons. The Balaban J connectivity index is 1.84. The maximum Gasteiger partial charge on any atom is 0.217 e. The van der Waals surface area contributed by atoms with Gasteiger partial charge in [0, 0.05) is 14.0 Å². The first-order valence-electron chi connectivity index (χ1n) is 12.0. The van der Waals surface area contributed by atoms with Gasteiger partial charge in [-0.3, -0.25) is 4.79 Å². The van der Waals surface area contributed by atoms with E-state index in [1.54, 1.807) is 0 Å². The fraction of sp³-hybridized carbons (Fsp3) is 0.952. The highest BCUT2D eigenvalue weighted by molar-refractivity contribution is 5.73. The van der Waals surface area contributed by atoms with E-state index in [1.807, 2.05) is 0 Å². The lowest BCUT2D eigenvalue weighted by Gasteiger charge is -2.49. The van der Waals surface area contributed by atoms with Gasteiger partial charge in [0.1, 0.15) is 73.2 Å². The van der Waals surface area contributed by atoms with Crippen LogP contribution < -0.4 is 5.32 Å². The van der Waals surface area contributed by atoms with Crippen LogP contribution in [0.25, 0.3) is 0 Å². The highest BCUT2D eigenvalue weighted by Gasteiger charge is 2.54. The van der Waals surface area contributed by atoms with Gasteiger partial charge in [0.25, 0.3) is 0 Å². The molecule has 0 aromatic carbocycles. The predicted octanol–water partition coefficient (Wildman–Crippen LogP) is -6.78. The minimum Gasteiger partial charge on any atom is -0.394 e. The number of rotatable bonds is 9. The number of ether oxygens (including phenoxy) is 6. The first-order chi connectivity index (χ1) is 18.0. The van der Waals surface area contributed by atoms with Crippen LogP contribution in [0.3, 0.4) is 0 Å². The maximum absolute atomic E-state index is 11.9. The Labute approximate surface area is 217 Å². The van der Waals surface area contributed by atoms with E-state index in [0.717, 1.165) is 6.92 Å². The quantitative estimate of drug-likeness (QED) is 0.126. The second-order valence-corrected chi connectivity index (χ2v) is 9.28. The van der Waals surface area contributed by atoms with Crippen LogP contribution in [0.1, 0.15) is 6.92 Å². The summed E-state index contributed by atoms with van der Waals surface area (Å²) in [6.07, 6.45) is -21.7. The van der Waals surface area contributed by atoms with Crippen LogP contribution in [-0.2, 0) is 33.2 Å². The lowest BCUT2D eigenvalue weighted by Crippen LogP contribution is -2.69. The Kier molecular flexibility index (Phi) is 11.1. The van der Waals surface area contributed by atoms with Crippen LogP contribution in [0.15, 0.2) is 0 Å². The van der Waals surface area contributed by atoms with Gasteiger partial charge >= 0.3 is 0 Å². The van der Waals surface area contributed by atoms with Crippen molar-refractivity contribution in [2.45, 2.75) is 99.0 Å². The zero-order valence-corrected chi connectivity index (χ0v) is 20.7. The van der Waals surface area contributed by atoms with Crippen molar-refractivity contribution in [2.24, 2.45) is 0 Å². The van der Waals surface area contributed by atoms with Crippen LogP contribution in [0.5, 0.6) is 0 Å². The smallest absolute Gasteiger partial charge is 0.217 e. The van der Waals surface area contributed by atoms with Crippen LogP contribution in [0.2, 0.25) is 0 Å². The number of hydrogen-bond acceptors (Lipinski definition) is 16. The molecule has 3 fully saturated rings. The topological polar surface area (TPSA) is 267 Å². The van der Waals surface area contributed by atoms with Crippen LogP contribution in [0.4, 0.5) is 0 Å². The van der Waals surface area contributed by atoms with Crippen molar-refractivity contribution in [3.05, 3.63) is 0 Å². The predicted molar refractivity (Wildman–Crippen MR) is 118 cm³/mol.